The minimum atomic E-state index is -0.328. The molecule has 4 nitrogen and oxygen atoms in total. The van der Waals surface area contributed by atoms with Crippen molar-refractivity contribution < 1.29 is 14.3 Å². The monoisotopic (exact) mass is 203 g/mol. The number of nitrogens with two attached hydrogens (primary N) is 1. The second-order valence-corrected chi connectivity index (χ2v) is 3.62. The summed E-state index contributed by atoms with van der Waals surface area (Å²) in [6, 6.07) is 0. The average molecular weight is 203 g/mol. The van der Waals surface area contributed by atoms with E-state index in [1.54, 1.807) is 0 Å². The fourth-order valence-corrected chi connectivity index (χ4v) is 0.814. The SMILES string of the molecule is CC(C)CCOCCOCCC(N)=O. The standard InChI is InChI=1S/C10H21NO3/c1-9(2)3-5-13-7-8-14-6-4-10(11)12/h9H,3-8H2,1-2H3,(H2,11,12). The lowest BCUT2D eigenvalue weighted by molar-refractivity contribution is -0.119. The first-order valence-electron chi connectivity index (χ1n) is 5.06. The van der Waals surface area contributed by atoms with Gasteiger partial charge in [0.25, 0.3) is 0 Å². The molecule has 0 saturated heterocycles. The van der Waals surface area contributed by atoms with Gasteiger partial charge in [-0.1, -0.05) is 13.8 Å². The van der Waals surface area contributed by atoms with E-state index in [2.05, 4.69) is 13.8 Å². The van der Waals surface area contributed by atoms with Gasteiger partial charge in [-0.15, -0.1) is 0 Å². The van der Waals surface area contributed by atoms with Crippen molar-refractivity contribution in [2.24, 2.45) is 11.7 Å². The van der Waals surface area contributed by atoms with Crippen molar-refractivity contribution >= 4 is 5.91 Å². The van der Waals surface area contributed by atoms with Crippen LogP contribution in [0.3, 0.4) is 0 Å². The van der Waals surface area contributed by atoms with Crippen LogP contribution in [0.4, 0.5) is 0 Å². The molecule has 0 aliphatic rings. The maximum Gasteiger partial charge on any atom is 0.219 e. The summed E-state index contributed by atoms with van der Waals surface area (Å²) in [4.78, 5) is 10.3. The second kappa shape index (κ2) is 8.97. The van der Waals surface area contributed by atoms with Crippen LogP contribution >= 0.6 is 0 Å². The van der Waals surface area contributed by atoms with Gasteiger partial charge in [0.2, 0.25) is 5.91 Å². The molecule has 0 atom stereocenters. The Hall–Kier alpha value is -0.610. The maximum absolute atomic E-state index is 10.3. The van der Waals surface area contributed by atoms with Gasteiger partial charge in [-0.2, -0.15) is 0 Å². The minimum Gasteiger partial charge on any atom is -0.379 e. The number of amides is 1. The van der Waals surface area contributed by atoms with E-state index in [-0.39, 0.29) is 12.3 Å². The van der Waals surface area contributed by atoms with E-state index in [4.69, 9.17) is 15.2 Å². The number of primary amides is 1. The van der Waals surface area contributed by atoms with Crippen LogP contribution in [0.15, 0.2) is 0 Å². The number of hydrogen-bond donors (Lipinski definition) is 1. The van der Waals surface area contributed by atoms with E-state index in [0.29, 0.717) is 25.7 Å². The molecule has 0 saturated carbocycles. The highest BCUT2D eigenvalue weighted by atomic mass is 16.5. The molecule has 0 aromatic heterocycles. The summed E-state index contributed by atoms with van der Waals surface area (Å²) in [6.07, 6.45) is 1.35. The van der Waals surface area contributed by atoms with Gasteiger partial charge in [0.15, 0.2) is 0 Å². The molecule has 0 aromatic rings. The van der Waals surface area contributed by atoms with Crippen molar-refractivity contribution in [2.75, 3.05) is 26.4 Å². The van der Waals surface area contributed by atoms with Crippen molar-refractivity contribution in [1.82, 2.24) is 0 Å². The summed E-state index contributed by atoms with van der Waals surface area (Å²) in [5.74, 6) is 0.344. The molecule has 0 fully saturated rings. The molecular formula is C10H21NO3. The Morgan fingerprint density at radius 3 is 2.21 bits per heavy atom. The van der Waals surface area contributed by atoms with Crippen LogP contribution < -0.4 is 5.73 Å². The molecule has 1 amide bonds. The molecule has 0 rings (SSSR count). The molecule has 0 heterocycles. The largest absolute Gasteiger partial charge is 0.379 e. The minimum absolute atomic E-state index is 0.284. The van der Waals surface area contributed by atoms with Gasteiger partial charge in [-0.25, -0.2) is 0 Å². The Bertz CT molecular complexity index is 148. The number of hydrogen-bond acceptors (Lipinski definition) is 3. The molecule has 84 valence electrons. The zero-order valence-electron chi connectivity index (χ0n) is 9.12. The van der Waals surface area contributed by atoms with E-state index in [1.165, 1.54) is 0 Å². The number of carbonyl (C=O) groups is 1. The Morgan fingerprint density at radius 2 is 1.71 bits per heavy atom. The van der Waals surface area contributed by atoms with E-state index in [0.717, 1.165) is 13.0 Å². The van der Waals surface area contributed by atoms with E-state index in [9.17, 15) is 4.79 Å². The smallest absolute Gasteiger partial charge is 0.219 e. The Balaban J connectivity index is 2.96. The first-order chi connectivity index (χ1) is 6.63. The lowest BCUT2D eigenvalue weighted by Gasteiger charge is -2.06. The van der Waals surface area contributed by atoms with Crippen LogP contribution in [-0.4, -0.2) is 32.3 Å². The number of ether oxygens (including phenoxy) is 2. The highest BCUT2D eigenvalue weighted by Gasteiger charge is 1.95. The van der Waals surface area contributed by atoms with Gasteiger partial charge in [-0.05, 0) is 12.3 Å². The lowest BCUT2D eigenvalue weighted by Crippen LogP contribution is -2.15. The highest BCUT2D eigenvalue weighted by molar-refractivity contribution is 5.73. The number of carbonyl (C=O) groups excluding carboxylic acids is 1. The summed E-state index contributed by atoms with van der Waals surface area (Å²) >= 11 is 0. The van der Waals surface area contributed by atoms with Crippen LogP contribution in [-0.2, 0) is 14.3 Å². The van der Waals surface area contributed by atoms with E-state index < -0.39 is 0 Å². The van der Waals surface area contributed by atoms with Gasteiger partial charge >= 0.3 is 0 Å². The Morgan fingerprint density at radius 1 is 1.14 bits per heavy atom. The molecule has 0 aliphatic heterocycles. The lowest BCUT2D eigenvalue weighted by atomic mass is 10.1. The summed E-state index contributed by atoms with van der Waals surface area (Å²) < 4.78 is 10.4. The van der Waals surface area contributed by atoms with Crippen LogP contribution in [0.2, 0.25) is 0 Å². The maximum atomic E-state index is 10.3. The molecule has 4 heteroatoms. The molecule has 0 aromatic carbocycles. The van der Waals surface area contributed by atoms with Gasteiger partial charge in [0.1, 0.15) is 0 Å². The molecule has 0 radical (unpaired) electrons. The van der Waals surface area contributed by atoms with Crippen molar-refractivity contribution in [3.8, 4) is 0 Å². The molecular weight excluding hydrogens is 182 g/mol. The average Bonchev–Trinajstić information content (AvgIpc) is 2.08. The first kappa shape index (κ1) is 13.4. The van der Waals surface area contributed by atoms with Crippen molar-refractivity contribution in [2.45, 2.75) is 26.7 Å². The zero-order valence-corrected chi connectivity index (χ0v) is 9.12. The summed E-state index contributed by atoms with van der Waals surface area (Å²) in [5, 5.41) is 0. The molecule has 0 aliphatic carbocycles. The molecule has 2 N–H and O–H groups in total. The Kier molecular flexibility index (Phi) is 8.57. The van der Waals surface area contributed by atoms with E-state index in [1.807, 2.05) is 0 Å². The van der Waals surface area contributed by atoms with Gasteiger partial charge in [0, 0.05) is 13.0 Å². The fourth-order valence-electron chi connectivity index (χ4n) is 0.814. The highest BCUT2D eigenvalue weighted by Crippen LogP contribution is 1.98. The van der Waals surface area contributed by atoms with Crippen molar-refractivity contribution in [1.29, 1.82) is 0 Å². The van der Waals surface area contributed by atoms with Gasteiger partial charge in [-0.3, -0.25) is 4.79 Å². The van der Waals surface area contributed by atoms with Gasteiger partial charge in [0.05, 0.1) is 19.8 Å². The molecule has 0 bridgehead atoms. The predicted octanol–water partition coefficient (Wildman–Crippen LogP) is 0.941. The third kappa shape index (κ3) is 11.4. The summed E-state index contributed by atoms with van der Waals surface area (Å²) in [6.45, 7) is 6.61. The van der Waals surface area contributed by atoms with Crippen LogP contribution in [0, 0.1) is 5.92 Å². The third-order valence-corrected chi connectivity index (χ3v) is 1.70. The molecule has 0 spiro atoms. The predicted molar refractivity (Wildman–Crippen MR) is 54.9 cm³/mol. The topological polar surface area (TPSA) is 61.6 Å². The zero-order chi connectivity index (χ0) is 10.8. The van der Waals surface area contributed by atoms with Crippen molar-refractivity contribution in [3.05, 3.63) is 0 Å². The Labute approximate surface area is 85.8 Å². The van der Waals surface area contributed by atoms with Crippen molar-refractivity contribution in [3.63, 3.8) is 0 Å². The normalized spacial score (nSPS) is 10.8. The first-order valence-corrected chi connectivity index (χ1v) is 5.06. The number of rotatable bonds is 9. The van der Waals surface area contributed by atoms with Gasteiger partial charge < -0.3 is 15.2 Å². The molecule has 0 unspecified atom stereocenters. The van der Waals surface area contributed by atoms with Crippen LogP contribution in [0.1, 0.15) is 26.7 Å². The van der Waals surface area contributed by atoms with Crippen LogP contribution in [0.5, 0.6) is 0 Å². The van der Waals surface area contributed by atoms with Crippen LogP contribution in [0.25, 0.3) is 0 Å². The fraction of sp³-hybridized carbons (Fsp3) is 0.900. The summed E-state index contributed by atoms with van der Waals surface area (Å²) in [7, 11) is 0. The quantitative estimate of drug-likeness (QED) is 0.567. The summed E-state index contributed by atoms with van der Waals surface area (Å²) in [5.41, 5.74) is 4.94. The molecule has 14 heavy (non-hydrogen) atoms. The van der Waals surface area contributed by atoms with E-state index >= 15 is 0 Å². The third-order valence-electron chi connectivity index (χ3n) is 1.70. The second-order valence-electron chi connectivity index (χ2n) is 3.62.